The second kappa shape index (κ2) is 7.91. The number of fused-ring (bicyclic) bond motifs is 1. The average Bonchev–Trinajstić information content (AvgIpc) is 3.05. The van der Waals surface area contributed by atoms with Gasteiger partial charge in [-0.05, 0) is 75.2 Å². The van der Waals surface area contributed by atoms with Crippen molar-refractivity contribution in [3.8, 4) is 5.75 Å². The summed E-state index contributed by atoms with van der Waals surface area (Å²) in [6, 6.07) is 19.4. The normalized spacial score (nSPS) is 15.3. The highest BCUT2D eigenvalue weighted by Gasteiger charge is 2.28. The van der Waals surface area contributed by atoms with Crippen molar-refractivity contribution in [1.29, 1.82) is 0 Å². The zero-order chi connectivity index (χ0) is 20.4. The van der Waals surface area contributed by atoms with Gasteiger partial charge in [-0.1, -0.05) is 18.2 Å². The van der Waals surface area contributed by atoms with Crippen LogP contribution in [0.4, 0.5) is 17.2 Å². The Bertz CT molecular complexity index is 1000. The van der Waals surface area contributed by atoms with Gasteiger partial charge in [0.2, 0.25) is 0 Å². The van der Waals surface area contributed by atoms with Crippen LogP contribution in [0.3, 0.4) is 0 Å². The Labute approximate surface area is 170 Å². The molecule has 0 saturated heterocycles. The lowest BCUT2D eigenvalue weighted by Crippen LogP contribution is -2.25. The van der Waals surface area contributed by atoms with E-state index >= 15 is 0 Å². The number of nitrogens with zero attached hydrogens (tertiary/aromatic N) is 3. The van der Waals surface area contributed by atoms with E-state index in [4.69, 9.17) is 4.74 Å². The molecule has 0 aliphatic carbocycles. The third kappa shape index (κ3) is 4.06. The SMILES string of the molecule is CC(C)Oc1ccc(NC(=O)c2ccc(N3c4ccccc4CC3C)nn2)cc1. The number of para-hydroxylation sites is 1. The number of hydrogen-bond donors (Lipinski definition) is 1. The van der Waals surface area contributed by atoms with E-state index in [9.17, 15) is 4.79 Å². The first kappa shape index (κ1) is 18.9. The molecule has 0 saturated carbocycles. The number of nitrogens with one attached hydrogen (secondary N) is 1. The molecule has 2 heterocycles. The fourth-order valence-electron chi connectivity index (χ4n) is 3.57. The van der Waals surface area contributed by atoms with Crippen molar-refractivity contribution in [2.24, 2.45) is 0 Å². The monoisotopic (exact) mass is 388 g/mol. The number of aromatic nitrogens is 2. The fourth-order valence-corrected chi connectivity index (χ4v) is 3.57. The van der Waals surface area contributed by atoms with E-state index < -0.39 is 0 Å². The molecule has 4 rings (SSSR count). The van der Waals surface area contributed by atoms with Crippen molar-refractivity contribution in [2.45, 2.75) is 39.3 Å². The van der Waals surface area contributed by atoms with Crippen LogP contribution in [0.5, 0.6) is 5.75 Å². The van der Waals surface area contributed by atoms with Gasteiger partial charge < -0.3 is 15.0 Å². The van der Waals surface area contributed by atoms with E-state index in [-0.39, 0.29) is 17.7 Å². The molecule has 1 N–H and O–H groups in total. The van der Waals surface area contributed by atoms with Gasteiger partial charge in [-0.15, -0.1) is 10.2 Å². The molecule has 1 aromatic heterocycles. The summed E-state index contributed by atoms with van der Waals surface area (Å²) in [7, 11) is 0. The van der Waals surface area contributed by atoms with Gasteiger partial charge in [-0.25, -0.2) is 0 Å². The van der Waals surface area contributed by atoms with E-state index in [0.717, 1.165) is 23.7 Å². The van der Waals surface area contributed by atoms with Crippen LogP contribution in [0.25, 0.3) is 0 Å². The lowest BCUT2D eigenvalue weighted by Gasteiger charge is -2.23. The van der Waals surface area contributed by atoms with E-state index in [2.05, 4.69) is 45.5 Å². The second-order valence-corrected chi connectivity index (χ2v) is 7.47. The summed E-state index contributed by atoms with van der Waals surface area (Å²) in [6.07, 6.45) is 1.07. The predicted molar refractivity (Wildman–Crippen MR) is 114 cm³/mol. The van der Waals surface area contributed by atoms with Crippen molar-refractivity contribution in [1.82, 2.24) is 10.2 Å². The van der Waals surface area contributed by atoms with Crippen LogP contribution in [0.15, 0.2) is 60.7 Å². The van der Waals surface area contributed by atoms with Gasteiger partial charge >= 0.3 is 0 Å². The van der Waals surface area contributed by atoms with E-state index in [1.807, 2.05) is 38.1 Å². The lowest BCUT2D eigenvalue weighted by molar-refractivity contribution is 0.102. The molecule has 0 radical (unpaired) electrons. The van der Waals surface area contributed by atoms with Crippen LogP contribution >= 0.6 is 0 Å². The molecule has 148 valence electrons. The Morgan fingerprint density at radius 2 is 1.83 bits per heavy atom. The lowest BCUT2D eigenvalue weighted by atomic mass is 10.1. The molecule has 1 unspecified atom stereocenters. The minimum atomic E-state index is -0.295. The van der Waals surface area contributed by atoms with Crippen LogP contribution in [-0.4, -0.2) is 28.3 Å². The summed E-state index contributed by atoms with van der Waals surface area (Å²) < 4.78 is 5.61. The van der Waals surface area contributed by atoms with E-state index in [0.29, 0.717) is 11.7 Å². The highest BCUT2D eigenvalue weighted by molar-refractivity contribution is 6.02. The Kier molecular flexibility index (Phi) is 5.16. The highest BCUT2D eigenvalue weighted by Crippen LogP contribution is 2.36. The molecule has 1 aliphatic heterocycles. The number of benzene rings is 2. The molecule has 0 bridgehead atoms. The Morgan fingerprint density at radius 3 is 2.52 bits per heavy atom. The number of carbonyl (C=O) groups is 1. The topological polar surface area (TPSA) is 67.3 Å². The summed E-state index contributed by atoms with van der Waals surface area (Å²) in [6.45, 7) is 6.11. The molecule has 2 aromatic carbocycles. The summed E-state index contributed by atoms with van der Waals surface area (Å²) in [4.78, 5) is 14.7. The number of hydrogen-bond acceptors (Lipinski definition) is 5. The summed E-state index contributed by atoms with van der Waals surface area (Å²) in [5.74, 6) is 1.22. The molecule has 29 heavy (non-hydrogen) atoms. The maximum absolute atomic E-state index is 12.5. The molecule has 0 spiro atoms. The largest absolute Gasteiger partial charge is 0.491 e. The van der Waals surface area contributed by atoms with Gasteiger partial charge in [-0.2, -0.15) is 0 Å². The van der Waals surface area contributed by atoms with Gasteiger partial charge in [-0.3, -0.25) is 4.79 Å². The van der Waals surface area contributed by atoms with Crippen LogP contribution in [0.1, 0.15) is 36.8 Å². The number of rotatable bonds is 5. The smallest absolute Gasteiger partial charge is 0.276 e. The highest BCUT2D eigenvalue weighted by atomic mass is 16.5. The van der Waals surface area contributed by atoms with Crippen molar-refractivity contribution < 1.29 is 9.53 Å². The molecule has 6 nitrogen and oxygen atoms in total. The van der Waals surface area contributed by atoms with E-state index in [1.165, 1.54) is 5.56 Å². The summed E-state index contributed by atoms with van der Waals surface area (Å²) in [5, 5.41) is 11.3. The predicted octanol–water partition coefficient (Wildman–Crippen LogP) is 4.60. The molecule has 6 heteroatoms. The quantitative estimate of drug-likeness (QED) is 0.692. The fraction of sp³-hybridized carbons (Fsp3) is 0.261. The van der Waals surface area contributed by atoms with E-state index in [1.54, 1.807) is 18.2 Å². The molecular formula is C23H24N4O2. The van der Waals surface area contributed by atoms with Crippen molar-refractivity contribution in [2.75, 3.05) is 10.2 Å². The molecule has 1 atom stereocenters. The van der Waals surface area contributed by atoms with Gasteiger partial charge in [0.05, 0.1) is 6.10 Å². The summed E-state index contributed by atoms with van der Waals surface area (Å²) >= 11 is 0. The number of anilines is 3. The minimum Gasteiger partial charge on any atom is -0.491 e. The van der Waals surface area contributed by atoms with Gasteiger partial charge in [0.15, 0.2) is 11.5 Å². The third-order valence-electron chi connectivity index (χ3n) is 4.82. The van der Waals surface area contributed by atoms with Crippen LogP contribution in [0, 0.1) is 0 Å². The standard InChI is InChI=1S/C23H24N4O2/c1-15(2)29-19-10-8-18(9-11-19)24-23(28)20-12-13-22(26-25-20)27-16(3)14-17-6-4-5-7-21(17)27/h4-13,15-16H,14H2,1-3H3,(H,24,28). The van der Waals surface area contributed by atoms with Crippen LogP contribution < -0.4 is 15.0 Å². The zero-order valence-electron chi connectivity index (χ0n) is 16.8. The van der Waals surface area contributed by atoms with Gasteiger partial charge in [0.25, 0.3) is 5.91 Å². The van der Waals surface area contributed by atoms with Crippen LogP contribution in [-0.2, 0) is 6.42 Å². The number of ether oxygens (including phenoxy) is 1. The molecule has 3 aromatic rings. The molecule has 0 fully saturated rings. The first-order valence-electron chi connectivity index (χ1n) is 9.80. The first-order chi connectivity index (χ1) is 14.0. The van der Waals surface area contributed by atoms with Crippen molar-refractivity contribution >= 4 is 23.1 Å². The Hall–Kier alpha value is -3.41. The second-order valence-electron chi connectivity index (χ2n) is 7.47. The summed E-state index contributed by atoms with van der Waals surface area (Å²) in [5.41, 5.74) is 3.40. The Morgan fingerprint density at radius 1 is 1.07 bits per heavy atom. The number of amides is 1. The average molecular weight is 388 g/mol. The zero-order valence-corrected chi connectivity index (χ0v) is 16.8. The van der Waals surface area contributed by atoms with Crippen LogP contribution in [0.2, 0.25) is 0 Å². The molecule has 1 amide bonds. The maximum atomic E-state index is 12.5. The molecular weight excluding hydrogens is 364 g/mol. The van der Waals surface area contributed by atoms with Gasteiger partial charge in [0, 0.05) is 17.4 Å². The number of carbonyl (C=O) groups excluding carboxylic acids is 1. The Balaban J connectivity index is 1.46. The van der Waals surface area contributed by atoms with Gasteiger partial charge in [0.1, 0.15) is 5.75 Å². The third-order valence-corrected chi connectivity index (χ3v) is 4.82. The van der Waals surface area contributed by atoms with Crippen molar-refractivity contribution in [3.05, 3.63) is 71.9 Å². The molecule has 1 aliphatic rings. The first-order valence-corrected chi connectivity index (χ1v) is 9.80. The minimum absolute atomic E-state index is 0.106. The van der Waals surface area contributed by atoms with Crippen molar-refractivity contribution in [3.63, 3.8) is 0 Å². The maximum Gasteiger partial charge on any atom is 0.276 e.